The van der Waals surface area contributed by atoms with E-state index in [9.17, 15) is 9.90 Å². The third-order valence-corrected chi connectivity index (χ3v) is 5.23. The summed E-state index contributed by atoms with van der Waals surface area (Å²) in [4.78, 5) is 19.0. The molecule has 0 radical (unpaired) electrons. The van der Waals surface area contributed by atoms with Crippen LogP contribution in [-0.2, 0) is 0 Å². The van der Waals surface area contributed by atoms with Gasteiger partial charge in [-0.15, -0.1) is 11.3 Å². The van der Waals surface area contributed by atoms with Gasteiger partial charge in [-0.2, -0.15) is 0 Å². The number of carbonyl (C=O) groups is 1. The number of amides is 1. The molecule has 0 unspecified atom stereocenters. The van der Waals surface area contributed by atoms with Crippen LogP contribution >= 0.6 is 11.3 Å². The molecular weight excluding hydrogens is 308 g/mol. The van der Waals surface area contributed by atoms with E-state index in [-0.39, 0.29) is 11.7 Å². The predicted molar refractivity (Wildman–Crippen MR) is 91.9 cm³/mol. The van der Waals surface area contributed by atoms with Gasteiger partial charge in [0, 0.05) is 18.7 Å². The van der Waals surface area contributed by atoms with E-state index in [2.05, 4.69) is 4.98 Å². The van der Waals surface area contributed by atoms with Crippen LogP contribution in [0.1, 0.15) is 23.2 Å². The van der Waals surface area contributed by atoms with Crippen molar-refractivity contribution in [3.05, 3.63) is 48.0 Å². The van der Waals surface area contributed by atoms with Gasteiger partial charge in [-0.1, -0.05) is 12.1 Å². The van der Waals surface area contributed by atoms with Gasteiger partial charge < -0.3 is 10.0 Å². The highest BCUT2D eigenvalue weighted by atomic mass is 32.1. The maximum atomic E-state index is 12.5. The summed E-state index contributed by atoms with van der Waals surface area (Å²) in [5, 5.41) is 10.7. The highest BCUT2D eigenvalue weighted by molar-refractivity contribution is 7.21. The summed E-state index contributed by atoms with van der Waals surface area (Å²) in [6.07, 6.45) is 2.17. The van der Waals surface area contributed by atoms with E-state index in [1.54, 1.807) is 12.1 Å². The Kier molecular flexibility index (Phi) is 3.50. The molecule has 0 bridgehead atoms. The van der Waals surface area contributed by atoms with E-state index in [0.29, 0.717) is 5.56 Å². The highest BCUT2D eigenvalue weighted by Crippen LogP contribution is 2.35. The second kappa shape index (κ2) is 5.66. The van der Waals surface area contributed by atoms with Gasteiger partial charge in [-0.25, -0.2) is 4.98 Å². The molecule has 1 aromatic heterocycles. The largest absolute Gasteiger partial charge is 0.507 e. The van der Waals surface area contributed by atoms with Gasteiger partial charge in [0.15, 0.2) is 0 Å². The number of nitrogens with zero attached hydrogens (tertiary/aromatic N) is 2. The maximum Gasteiger partial charge on any atom is 0.253 e. The minimum Gasteiger partial charge on any atom is -0.507 e. The van der Waals surface area contributed by atoms with Crippen molar-refractivity contribution in [1.82, 2.24) is 9.88 Å². The quantitative estimate of drug-likeness (QED) is 0.778. The lowest BCUT2D eigenvalue weighted by molar-refractivity contribution is 0.0793. The second-order valence-corrected chi connectivity index (χ2v) is 6.75. The van der Waals surface area contributed by atoms with Gasteiger partial charge in [0.2, 0.25) is 0 Å². The molecular formula is C18H16N2O2S. The fraction of sp³-hybridized carbons (Fsp3) is 0.222. The molecule has 4 rings (SSSR count). The molecule has 1 aliphatic heterocycles. The number of para-hydroxylation sites is 1. The van der Waals surface area contributed by atoms with Crippen LogP contribution in [0.15, 0.2) is 42.5 Å². The third-order valence-electron chi connectivity index (χ3n) is 4.16. The van der Waals surface area contributed by atoms with E-state index in [4.69, 9.17) is 0 Å². The zero-order chi connectivity index (χ0) is 15.8. The summed E-state index contributed by atoms with van der Waals surface area (Å²) in [6.45, 7) is 1.69. The van der Waals surface area contributed by atoms with E-state index >= 15 is 0 Å². The van der Waals surface area contributed by atoms with Crippen molar-refractivity contribution < 1.29 is 9.90 Å². The fourth-order valence-corrected chi connectivity index (χ4v) is 3.91. The first-order valence-electron chi connectivity index (χ1n) is 7.70. The Morgan fingerprint density at radius 2 is 1.91 bits per heavy atom. The van der Waals surface area contributed by atoms with Crippen LogP contribution in [-0.4, -0.2) is 34.0 Å². The van der Waals surface area contributed by atoms with Gasteiger partial charge in [-0.05, 0) is 43.2 Å². The minimum atomic E-state index is 0.0847. The lowest BCUT2D eigenvalue weighted by atomic mass is 10.2. The Hall–Kier alpha value is -2.40. The molecule has 2 aromatic carbocycles. The Balaban J connectivity index is 1.72. The van der Waals surface area contributed by atoms with Crippen molar-refractivity contribution in [2.24, 2.45) is 0 Å². The topological polar surface area (TPSA) is 53.4 Å². The van der Waals surface area contributed by atoms with Gasteiger partial charge in [0.05, 0.1) is 15.8 Å². The summed E-state index contributed by atoms with van der Waals surface area (Å²) in [6, 6.07) is 12.8. The molecule has 0 saturated carbocycles. The molecule has 1 fully saturated rings. The maximum absolute atomic E-state index is 12.5. The summed E-state index contributed by atoms with van der Waals surface area (Å²) >= 11 is 1.52. The lowest BCUT2D eigenvalue weighted by Gasteiger charge is -2.14. The van der Waals surface area contributed by atoms with Crippen molar-refractivity contribution in [3.8, 4) is 16.3 Å². The molecule has 4 nitrogen and oxygen atoms in total. The second-order valence-electron chi connectivity index (χ2n) is 5.72. The number of rotatable bonds is 2. The average molecular weight is 324 g/mol. The van der Waals surface area contributed by atoms with Gasteiger partial charge in [0.1, 0.15) is 10.8 Å². The van der Waals surface area contributed by atoms with Crippen LogP contribution in [0.5, 0.6) is 5.75 Å². The number of hydrogen-bond acceptors (Lipinski definition) is 4. The smallest absolute Gasteiger partial charge is 0.253 e. The zero-order valence-electron chi connectivity index (χ0n) is 12.5. The van der Waals surface area contributed by atoms with Gasteiger partial charge >= 0.3 is 0 Å². The van der Waals surface area contributed by atoms with Crippen molar-refractivity contribution in [1.29, 1.82) is 0 Å². The Bertz CT molecular complexity index is 882. The average Bonchev–Trinajstić information content (AvgIpc) is 3.23. The standard InChI is InChI=1S/C18H16N2O2S/c21-15-6-2-1-5-13(15)17-19-14-11-12(7-8-16(14)23-17)18(22)20-9-3-4-10-20/h1-2,5-8,11,21H,3-4,9-10H2. The summed E-state index contributed by atoms with van der Waals surface area (Å²) in [5.41, 5.74) is 2.22. The van der Waals surface area contributed by atoms with Crippen molar-refractivity contribution >= 4 is 27.5 Å². The van der Waals surface area contributed by atoms with Crippen molar-refractivity contribution in [2.45, 2.75) is 12.8 Å². The predicted octanol–water partition coefficient (Wildman–Crippen LogP) is 3.90. The normalized spacial score (nSPS) is 14.5. The van der Waals surface area contributed by atoms with Crippen LogP contribution < -0.4 is 0 Å². The molecule has 0 atom stereocenters. The Morgan fingerprint density at radius 3 is 2.70 bits per heavy atom. The molecule has 116 valence electrons. The highest BCUT2D eigenvalue weighted by Gasteiger charge is 2.20. The monoisotopic (exact) mass is 324 g/mol. The summed E-state index contributed by atoms with van der Waals surface area (Å²) in [5.74, 6) is 0.307. The molecule has 1 saturated heterocycles. The first-order valence-corrected chi connectivity index (χ1v) is 8.52. The number of likely N-dealkylation sites (tertiary alicyclic amines) is 1. The van der Waals surface area contributed by atoms with E-state index in [0.717, 1.165) is 46.7 Å². The number of thiazole rings is 1. The number of benzene rings is 2. The van der Waals surface area contributed by atoms with Crippen molar-refractivity contribution in [3.63, 3.8) is 0 Å². The molecule has 1 N–H and O–H groups in total. The number of aromatic nitrogens is 1. The molecule has 3 aromatic rings. The van der Waals surface area contributed by atoms with Crippen LogP contribution in [0.25, 0.3) is 20.8 Å². The van der Waals surface area contributed by atoms with E-state index in [1.165, 1.54) is 11.3 Å². The van der Waals surface area contributed by atoms with Gasteiger partial charge in [-0.3, -0.25) is 4.79 Å². The number of fused-ring (bicyclic) bond motifs is 1. The van der Waals surface area contributed by atoms with Crippen LogP contribution in [0.2, 0.25) is 0 Å². The number of aromatic hydroxyl groups is 1. The zero-order valence-corrected chi connectivity index (χ0v) is 13.3. The van der Waals surface area contributed by atoms with Crippen LogP contribution in [0, 0.1) is 0 Å². The van der Waals surface area contributed by atoms with Crippen molar-refractivity contribution in [2.75, 3.05) is 13.1 Å². The van der Waals surface area contributed by atoms with Crippen LogP contribution in [0.3, 0.4) is 0 Å². The third kappa shape index (κ3) is 2.57. The van der Waals surface area contributed by atoms with E-state index in [1.807, 2.05) is 35.2 Å². The van der Waals surface area contributed by atoms with E-state index < -0.39 is 0 Å². The molecule has 2 heterocycles. The Labute approximate surface area is 138 Å². The number of phenolic OH excluding ortho intramolecular Hbond substituents is 1. The summed E-state index contributed by atoms with van der Waals surface area (Å²) in [7, 11) is 0. The number of carbonyl (C=O) groups excluding carboxylic acids is 1. The molecule has 1 amide bonds. The van der Waals surface area contributed by atoms with Gasteiger partial charge in [0.25, 0.3) is 5.91 Å². The molecule has 0 spiro atoms. The molecule has 23 heavy (non-hydrogen) atoms. The van der Waals surface area contributed by atoms with Crippen LogP contribution in [0.4, 0.5) is 0 Å². The number of hydrogen-bond donors (Lipinski definition) is 1. The molecule has 0 aliphatic carbocycles. The number of phenols is 1. The first kappa shape index (κ1) is 14.2. The molecule has 5 heteroatoms. The summed E-state index contributed by atoms with van der Waals surface area (Å²) < 4.78 is 1.02. The molecule has 1 aliphatic rings. The Morgan fingerprint density at radius 1 is 1.13 bits per heavy atom. The first-order chi connectivity index (χ1) is 11.2. The lowest BCUT2D eigenvalue weighted by Crippen LogP contribution is -2.27. The minimum absolute atomic E-state index is 0.0847. The SMILES string of the molecule is O=C(c1ccc2sc(-c3ccccc3O)nc2c1)N1CCCC1. The fourth-order valence-electron chi connectivity index (χ4n) is 2.93.